The van der Waals surface area contributed by atoms with Gasteiger partial charge in [0.1, 0.15) is 12.7 Å². The molecule has 0 aliphatic rings. The van der Waals surface area contributed by atoms with E-state index in [0.29, 0.717) is 0 Å². The monoisotopic (exact) mass is 208 g/mol. The van der Waals surface area contributed by atoms with Crippen molar-refractivity contribution in [3.8, 4) is 0 Å². The molecule has 0 saturated heterocycles. The number of hydrogen-bond acceptors (Lipinski definition) is 4. The highest BCUT2D eigenvalue weighted by atomic mass is 15.3. The zero-order valence-electron chi connectivity index (χ0n) is 9.69. The quantitative estimate of drug-likeness (QED) is 0.689. The largest absolute Gasteiger partial charge is 0.341 e. The van der Waals surface area contributed by atoms with Crippen molar-refractivity contribution in [2.75, 3.05) is 18.0 Å². The summed E-state index contributed by atoms with van der Waals surface area (Å²) in [6.07, 6.45) is 7.91. The molecule has 0 aliphatic heterocycles. The highest BCUT2D eigenvalue weighted by Gasteiger charge is 2.07. The van der Waals surface area contributed by atoms with Crippen molar-refractivity contribution >= 4 is 5.95 Å². The Balaban J connectivity index is 2.55. The van der Waals surface area contributed by atoms with Crippen LogP contribution in [0.5, 0.6) is 0 Å². The molecule has 0 aromatic carbocycles. The Morgan fingerprint density at radius 1 is 1.00 bits per heavy atom. The highest BCUT2D eigenvalue weighted by Crippen LogP contribution is 2.07. The van der Waals surface area contributed by atoms with E-state index in [1.807, 2.05) is 0 Å². The fourth-order valence-electron chi connectivity index (χ4n) is 1.41. The van der Waals surface area contributed by atoms with Crippen molar-refractivity contribution in [2.45, 2.75) is 39.5 Å². The molecule has 0 fully saturated rings. The third-order valence-corrected chi connectivity index (χ3v) is 2.33. The molecule has 4 nitrogen and oxygen atoms in total. The molecule has 15 heavy (non-hydrogen) atoms. The van der Waals surface area contributed by atoms with Crippen LogP contribution in [0.1, 0.15) is 39.5 Å². The lowest BCUT2D eigenvalue weighted by Gasteiger charge is -2.21. The van der Waals surface area contributed by atoms with Gasteiger partial charge < -0.3 is 4.90 Å². The number of aromatic nitrogens is 3. The van der Waals surface area contributed by atoms with Crippen LogP contribution >= 0.6 is 0 Å². The second-order valence-corrected chi connectivity index (χ2v) is 3.63. The molecule has 1 heterocycles. The summed E-state index contributed by atoms with van der Waals surface area (Å²) in [6, 6.07) is 0. The molecule has 1 aromatic heterocycles. The van der Waals surface area contributed by atoms with Crippen molar-refractivity contribution in [2.24, 2.45) is 0 Å². The summed E-state index contributed by atoms with van der Waals surface area (Å²) in [7, 11) is 0. The maximum absolute atomic E-state index is 4.19. The van der Waals surface area contributed by atoms with E-state index in [-0.39, 0.29) is 0 Å². The molecule has 0 amide bonds. The van der Waals surface area contributed by atoms with Crippen LogP contribution in [0.4, 0.5) is 5.95 Å². The Morgan fingerprint density at radius 3 is 2.00 bits per heavy atom. The molecule has 0 bridgehead atoms. The van der Waals surface area contributed by atoms with E-state index in [1.165, 1.54) is 25.7 Å². The Morgan fingerprint density at radius 2 is 1.53 bits per heavy atom. The molecule has 0 radical (unpaired) electrons. The van der Waals surface area contributed by atoms with Crippen LogP contribution in [0, 0.1) is 0 Å². The maximum Gasteiger partial charge on any atom is 0.228 e. The normalized spacial score (nSPS) is 10.3. The van der Waals surface area contributed by atoms with Crippen LogP contribution in [0.3, 0.4) is 0 Å². The molecular weight excluding hydrogens is 188 g/mol. The smallest absolute Gasteiger partial charge is 0.228 e. The van der Waals surface area contributed by atoms with Crippen molar-refractivity contribution in [3.05, 3.63) is 12.7 Å². The first kappa shape index (κ1) is 11.9. The minimum Gasteiger partial charge on any atom is -0.341 e. The van der Waals surface area contributed by atoms with E-state index in [2.05, 4.69) is 33.7 Å². The molecule has 84 valence electrons. The second kappa shape index (κ2) is 7.15. The lowest BCUT2D eigenvalue weighted by atomic mass is 10.3. The van der Waals surface area contributed by atoms with Crippen LogP contribution in [0.25, 0.3) is 0 Å². The summed E-state index contributed by atoms with van der Waals surface area (Å²) in [5, 5.41) is 0. The zero-order valence-corrected chi connectivity index (χ0v) is 9.69. The van der Waals surface area contributed by atoms with Gasteiger partial charge in [-0.2, -0.15) is 0 Å². The van der Waals surface area contributed by atoms with Crippen molar-refractivity contribution in [1.82, 2.24) is 15.0 Å². The predicted molar refractivity (Wildman–Crippen MR) is 61.9 cm³/mol. The lowest BCUT2D eigenvalue weighted by molar-refractivity contribution is 0.661. The Kier molecular flexibility index (Phi) is 5.66. The van der Waals surface area contributed by atoms with Crippen molar-refractivity contribution in [1.29, 1.82) is 0 Å². The molecule has 0 unspecified atom stereocenters. The Hall–Kier alpha value is -1.19. The van der Waals surface area contributed by atoms with Crippen molar-refractivity contribution < 1.29 is 0 Å². The first-order valence-corrected chi connectivity index (χ1v) is 5.75. The van der Waals surface area contributed by atoms with Gasteiger partial charge in [-0.25, -0.2) is 15.0 Å². The van der Waals surface area contributed by atoms with Gasteiger partial charge in [0.2, 0.25) is 5.95 Å². The van der Waals surface area contributed by atoms with Crippen LogP contribution in [-0.2, 0) is 0 Å². The number of rotatable bonds is 7. The fraction of sp³-hybridized carbons (Fsp3) is 0.727. The molecular formula is C11H20N4. The number of nitrogens with zero attached hydrogens (tertiary/aromatic N) is 4. The van der Waals surface area contributed by atoms with Crippen LogP contribution < -0.4 is 4.90 Å². The van der Waals surface area contributed by atoms with E-state index >= 15 is 0 Å². The average molecular weight is 208 g/mol. The van der Waals surface area contributed by atoms with Crippen LogP contribution in [0.15, 0.2) is 12.7 Å². The molecule has 0 aliphatic carbocycles. The standard InChI is InChI=1S/C11H20N4/c1-3-5-7-15(8-6-4-2)11-13-9-12-10-14-11/h9-10H,3-8H2,1-2H3. The summed E-state index contributed by atoms with van der Waals surface area (Å²) in [5.41, 5.74) is 0. The highest BCUT2D eigenvalue weighted by molar-refractivity contribution is 5.26. The summed E-state index contributed by atoms with van der Waals surface area (Å²) in [6.45, 7) is 6.48. The predicted octanol–water partition coefficient (Wildman–Crippen LogP) is 2.28. The van der Waals surface area contributed by atoms with Gasteiger partial charge in [-0.05, 0) is 12.8 Å². The average Bonchev–Trinajstić information content (AvgIpc) is 2.30. The van der Waals surface area contributed by atoms with Crippen molar-refractivity contribution in [3.63, 3.8) is 0 Å². The summed E-state index contributed by atoms with van der Waals surface area (Å²) in [4.78, 5) is 14.5. The molecule has 0 N–H and O–H groups in total. The molecule has 0 atom stereocenters. The van der Waals surface area contributed by atoms with Crippen LogP contribution in [0.2, 0.25) is 0 Å². The molecule has 1 rings (SSSR count). The van der Waals surface area contributed by atoms with E-state index < -0.39 is 0 Å². The van der Waals surface area contributed by atoms with Crippen LogP contribution in [-0.4, -0.2) is 28.0 Å². The van der Waals surface area contributed by atoms with Gasteiger partial charge >= 0.3 is 0 Å². The van der Waals surface area contributed by atoms with Gasteiger partial charge in [0.05, 0.1) is 0 Å². The zero-order chi connectivity index (χ0) is 10.9. The van der Waals surface area contributed by atoms with Gasteiger partial charge in [0.15, 0.2) is 0 Å². The molecule has 0 saturated carbocycles. The molecule has 4 heteroatoms. The summed E-state index contributed by atoms with van der Waals surface area (Å²) >= 11 is 0. The molecule has 1 aromatic rings. The minimum absolute atomic E-state index is 0.812. The Bertz CT molecular complexity index is 242. The van der Waals surface area contributed by atoms with Gasteiger partial charge in [0, 0.05) is 13.1 Å². The fourth-order valence-corrected chi connectivity index (χ4v) is 1.41. The second-order valence-electron chi connectivity index (χ2n) is 3.63. The van der Waals surface area contributed by atoms with Gasteiger partial charge in [-0.3, -0.25) is 0 Å². The first-order chi connectivity index (χ1) is 7.38. The van der Waals surface area contributed by atoms with E-state index in [4.69, 9.17) is 0 Å². The maximum atomic E-state index is 4.19. The third-order valence-electron chi connectivity index (χ3n) is 2.33. The van der Waals surface area contributed by atoms with Gasteiger partial charge in [-0.15, -0.1) is 0 Å². The number of hydrogen-bond donors (Lipinski definition) is 0. The SMILES string of the molecule is CCCCN(CCCC)c1ncncn1. The number of anilines is 1. The lowest BCUT2D eigenvalue weighted by Crippen LogP contribution is -2.27. The van der Waals surface area contributed by atoms with E-state index in [0.717, 1.165) is 19.0 Å². The van der Waals surface area contributed by atoms with E-state index in [1.54, 1.807) is 12.7 Å². The summed E-state index contributed by atoms with van der Waals surface area (Å²) in [5.74, 6) is 0.812. The minimum atomic E-state index is 0.812. The van der Waals surface area contributed by atoms with E-state index in [9.17, 15) is 0 Å². The Labute approximate surface area is 91.8 Å². The van der Waals surface area contributed by atoms with Gasteiger partial charge in [-0.1, -0.05) is 26.7 Å². The van der Waals surface area contributed by atoms with Gasteiger partial charge in [0.25, 0.3) is 0 Å². The summed E-state index contributed by atoms with van der Waals surface area (Å²) < 4.78 is 0. The third kappa shape index (κ3) is 4.23. The molecule has 0 spiro atoms. The topological polar surface area (TPSA) is 41.9 Å². The first-order valence-electron chi connectivity index (χ1n) is 5.75. The number of unbranched alkanes of at least 4 members (excludes halogenated alkanes) is 2.